The van der Waals surface area contributed by atoms with Crippen molar-refractivity contribution in [2.45, 2.75) is 53.6 Å². The average Bonchev–Trinajstić information content (AvgIpc) is 3.49. The number of rotatable bonds is 6. The number of anilines is 1. The summed E-state index contributed by atoms with van der Waals surface area (Å²) in [6.07, 6.45) is 8.48. The number of nitrogens with zero attached hydrogens (tertiary/aromatic N) is 7. The van der Waals surface area contributed by atoms with Gasteiger partial charge in [-0.1, -0.05) is 13.0 Å². The number of Topliss-reactive ketones (excluding diaryl/α,β-unsaturated/α-hetero) is 1. The summed E-state index contributed by atoms with van der Waals surface area (Å²) in [5.41, 5.74) is 3.25. The van der Waals surface area contributed by atoms with E-state index in [9.17, 15) is 14.4 Å². The Morgan fingerprint density at radius 2 is 2.02 bits per heavy atom. The van der Waals surface area contributed by atoms with Gasteiger partial charge in [-0.15, -0.1) is 0 Å². The molecule has 1 fully saturated rings. The number of carbonyl (C=O) groups is 3. The second kappa shape index (κ2) is 13.2. The van der Waals surface area contributed by atoms with Gasteiger partial charge in [-0.2, -0.15) is 5.10 Å². The van der Waals surface area contributed by atoms with Crippen molar-refractivity contribution >= 4 is 62.5 Å². The Kier molecular flexibility index (Phi) is 9.63. The summed E-state index contributed by atoms with van der Waals surface area (Å²) in [4.78, 5) is 50.0. The van der Waals surface area contributed by atoms with Crippen molar-refractivity contribution in [3.8, 4) is 0 Å². The second-order valence-electron chi connectivity index (χ2n) is 10.3. The van der Waals surface area contributed by atoms with Crippen LogP contribution in [0.3, 0.4) is 0 Å². The molecule has 5 heterocycles. The molecule has 0 spiro atoms. The van der Waals surface area contributed by atoms with Crippen LogP contribution in [0.25, 0.3) is 16.5 Å². The van der Waals surface area contributed by atoms with Crippen molar-refractivity contribution < 1.29 is 14.4 Å². The number of fused-ring (bicyclic) bond motifs is 1. The number of nitrogens with two attached hydrogens (primary N) is 1. The molecule has 1 saturated heterocycles. The SMILES string of the molecule is C/C=C1/N=CC(c2cc3c(C(C)=O)nn(CC(=O)N4CC(C)CC4C)c3cn2)=CN1N.Cc1ccc(Br)nc1NC=O. The van der Waals surface area contributed by atoms with Crippen molar-refractivity contribution in [1.82, 2.24) is 29.7 Å². The van der Waals surface area contributed by atoms with Crippen LogP contribution in [0.2, 0.25) is 0 Å². The fourth-order valence-corrected chi connectivity index (χ4v) is 5.30. The third-order valence-electron chi connectivity index (χ3n) is 7.05. The van der Waals surface area contributed by atoms with E-state index >= 15 is 0 Å². The number of ketones is 1. The number of carbonyl (C=O) groups excluding carboxylic acids is 3. The van der Waals surface area contributed by atoms with Gasteiger partial charge in [0.15, 0.2) is 5.78 Å². The highest BCUT2D eigenvalue weighted by Crippen LogP contribution is 2.26. The number of likely N-dealkylation sites (tertiary alicyclic amines) is 1. The Balaban J connectivity index is 0.000000310. The van der Waals surface area contributed by atoms with Gasteiger partial charge >= 0.3 is 0 Å². The van der Waals surface area contributed by atoms with E-state index in [2.05, 4.69) is 55.2 Å². The Hall–Kier alpha value is -4.23. The van der Waals surface area contributed by atoms with Gasteiger partial charge in [0.05, 0.1) is 17.4 Å². The summed E-state index contributed by atoms with van der Waals surface area (Å²) in [6, 6.07) is 5.71. The molecule has 2 atom stereocenters. The molecule has 0 aliphatic carbocycles. The molecule has 3 N–H and O–H groups in total. The van der Waals surface area contributed by atoms with Crippen LogP contribution in [0, 0.1) is 12.8 Å². The van der Waals surface area contributed by atoms with Crippen LogP contribution in [0.15, 0.2) is 52.1 Å². The molecule has 42 heavy (non-hydrogen) atoms. The van der Waals surface area contributed by atoms with Gasteiger partial charge in [0.25, 0.3) is 0 Å². The van der Waals surface area contributed by atoms with Gasteiger partial charge in [-0.3, -0.25) is 29.1 Å². The van der Waals surface area contributed by atoms with Crippen molar-refractivity contribution in [2.75, 3.05) is 11.9 Å². The number of hydrogen-bond donors (Lipinski definition) is 2. The Bertz CT molecular complexity index is 1610. The zero-order valence-electron chi connectivity index (χ0n) is 24.2. The van der Waals surface area contributed by atoms with Crippen LogP contribution < -0.4 is 11.2 Å². The number of aromatic nitrogens is 4. The fourth-order valence-electron chi connectivity index (χ4n) is 4.99. The maximum Gasteiger partial charge on any atom is 0.244 e. The molecule has 0 radical (unpaired) electrons. The lowest BCUT2D eigenvalue weighted by molar-refractivity contribution is -0.132. The van der Waals surface area contributed by atoms with E-state index in [0.717, 1.165) is 18.5 Å². The molecular weight excluding hydrogens is 602 g/mol. The molecule has 13 heteroatoms. The number of pyridine rings is 2. The van der Waals surface area contributed by atoms with Gasteiger partial charge in [0.2, 0.25) is 12.3 Å². The number of aryl methyl sites for hydroxylation is 1. The van der Waals surface area contributed by atoms with Crippen LogP contribution in [0.5, 0.6) is 0 Å². The first kappa shape index (κ1) is 30.7. The van der Waals surface area contributed by atoms with Gasteiger partial charge in [0.1, 0.15) is 28.5 Å². The van der Waals surface area contributed by atoms with E-state index in [0.29, 0.717) is 56.4 Å². The largest absolute Gasteiger partial charge is 0.338 e. The predicted octanol–water partition coefficient (Wildman–Crippen LogP) is 4.07. The van der Waals surface area contributed by atoms with Crippen LogP contribution in [-0.4, -0.2) is 66.6 Å². The molecule has 5 rings (SSSR count). The van der Waals surface area contributed by atoms with E-state index in [1.807, 2.05) is 30.9 Å². The number of allylic oxidation sites excluding steroid dienone is 2. The normalized spacial score (nSPS) is 19.0. The van der Waals surface area contributed by atoms with Crippen molar-refractivity contribution in [3.63, 3.8) is 0 Å². The van der Waals surface area contributed by atoms with Crippen molar-refractivity contribution in [3.05, 3.63) is 64.0 Å². The highest BCUT2D eigenvalue weighted by atomic mass is 79.9. The number of amides is 2. The summed E-state index contributed by atoms with van der Waals surface area (Å²) in [6.45, 7) is 10.2. The molecular formula is C29H34BrN9O3. The van der Waals surface area contributed by atoms with E-state index < -0.39 is 0 Å². The zero-order valence-corrected chi connectivity index (χ0v) is 25.8. The zero-order chi connectivity index (χ0) is 30.6. The molecule has 3 aromatic heterocycles. The molecule has 0 saturated carbocycles. The lowest BCUT2D eigenvalue weighted by atomic mass is 10.1. The molecule has 0 aromatic carbocycles. The maximum absolute atomic E-state index is 12.9. The van der Waals surface area contributed by atoms with Gasteiger partial charge in [-0.05, 0) is 72.8 Å². The number of nitrogens with one attached hydrogen (secondary N) is 1. The molecule has 3 aromatic rings. The smallest absolute Gasteiger partial charge is 0.244 e. The van der Waals surface area contributed by atoms with Gasteiger partial charge < -0.3 is 10.2 Å². The van der Waals surface area contributed by atoms with E-state index in [1.54, 1.807) is 35.4 Å². The summed E-state index contributed by atoms with van der Waals surface area (Å²) in [5, 5.41) is 9.03. The molecule has 220 valence electrons. The van der Waals surface area contributed by atoms with Gasteiger partial charge in [-0.25, -0.2) is 15.8 Å². The monoisotopic (exact) mass is 635 g/mol. The lowest BCUT2D eigenvalue weighted by Crippen LogP contribution is -2.36. The van der Waals surface area contributed by atoms with Crippen LogP contribution >= 0.6 is 15.9 Å². The van der Waals surface area contributed by atoms with Crippen LogP contribution in [0.1, 0.15) is 55.9 Å². The van der Waals surface area contributed by atoms with E-state index in [1.165, 1.54) is 11.9 Å². The third-order valence-corrected chi connectivity index (χ3v) is 7.49. The minimum absolute atomic E-state index is 0.000191. The highest BCUT2D eigenvalue weighted by molar-refractivity contribution is 9.10. The standard InChI is InChI=1S/C22H27N7O2.C7H7BrN2O/c1-5-20-25-8-16(11-28(20)23)18-7-17-19(9-24-18)29(26-22(17)15(4)30)12-21(31)27-10-13(2)6-14(27)3;1-5-2-3-6(8)10-7(5)9-4-11/h5,7-9,11,13-14H,6,10,12,23H2,1-4H3;2-4H,1H3,(H,9,10,11)/b20-5-;. The minimum atomic E-state index is -0.167. The maximum atomic E-state index is 12.9. The average molecular weight is 637 g/mol. The van der Waals surface area contributed by atoms with Crippen molar-refractivity contribution in [2.24, 2.45) is 16.8 Å². The third kappa shape index (κ3) is 6.80. The minimum Gasteiger partial charge on any atom is -0.338 e. The first-order chi connectivity index (χ1) is 20.0. The van der Waals surface area contributed by atoms with E-state index in [4.69, 9.17) is 5.84 Å². The predicted molar refractivity (Wildman–Crippen MR) is 165 cm³/mol. The molecule has 2 aliphatic rings. The second-order valence-corrected chi connectivity index (χ2v) is 11.2. The van der Waals surface area contributed by atoms with Gasteiger partial charge in [0, 0.05) is 42.9 Å². The molecule has 0 bridgehead atoms. The first-order valence-electron chi connectivity index (χ1n) is 13.5. The first-order valence-corrected chi connectivity index (χ1v) is 14.3. The number of halogens is 1. The Morgan fingerprint density at radius 3 is 2.64 bits per heavy atom. The number of hydrazine groups is 1. The Labute approximate surface area is 252 Å². The number of aliphatic imine (C=N–C) groups is 1. The topological polar surface area (TPSA) is 152 Å². The fraction of sp³-hybridized carbons (Fsp3) is 0.345. The van der Waals surface area contributed by atoms with Crippen molar-refractivity contribution in [1.29, 1.82) is 0 Å². The van der Waals surface area contributed by atoms with Crippen LogP contribution in [0.4, 0.5) is 5.82 Å². The quantitative estimate of drug-likeness (QED) is 0.178. The van der Waals surface area contributed by atoms with E-state index in [-0.39, 0.29) is 24.3 Å². The summed E-state index contributed by atoms with van der Waals surface area (Å²) in [5.74, 6) is 7.52. The van der Waals surface area contributed by atoms with Crippen LogP contribution in [-0.2, 0) is 16.1 Å². The summed E-state index contributed by atoms with van der Waals surface area (Å²) >= 11 is 3.20. The number of hydrogen-bond acceptors (Lipinski definition) is 9. The Morgan fingerprint density at radius 1 is 1.26 bits per heavy atom. The molecule has 12 nitrogen and oxygen atoms in total. The lowest BCUT2D eigenvalue weighted by Gasteiger charge is -2.21. The molecule has 2 amide bonds. The molecule has 2 unspecified atom stereocenters. The summed E-state index contributed by atoms with van der Waals surface area (Å²) in [7, 11) is 0. The molecule has 2 aliphatic heterocycles. The summed E-state index contributed by atoms with van der Waals surface area (Å²) < 4.78 is 2.30. The highest BCUT2D eigenvalue weighted by Gasteiger charge is 2.30.